The van der Waals surface area contributed by atoms with E-state index in [-0.39, 0.29) is 30.3 Å². The summed E-state index contributed by atoms with van der Waals surface area (Å²) >= 11 is 1.72. The third-order valence-electron chi connectivity index (χ3n) is 6.56. The average molecular weight is 469 g/mol. The van der Waals surface area contributed by atoms with E-state index >= 15 is 0 Å². The number of methoxy groups -OCH3 is 1. The predicted molar refractivity (Wildman–Crippen MR) is 130 cm³/mol. The summed E-state index contributed by atoms with van der Waals surface area (Å²) in [6, 6.07) is 9.38. The maximum atomic E-state index is 13.5. The molecule has 2 amide bonds. The number of rotatable bonds is 9. The first-order valence-corrected chi connectivity index (χ1v) is 12.5. The van der Waals surface area contributed by atoms with Crippen LogP contribution in [0.5, 0.6) is 11.5 Å². The van der Waals surface area contributed by atoms with Gasteiger partial charge in [0, 0.05) is 30.0 Å². The van der Waals surface area contributed by atoms with Gasteiger partial charge in [-0.15, -0.1) is 17.9 Å². The summed E-state index contributed by atoms with van der Waals surface area (Å²) < 4.78 is 11.4. The second kappa shape index (κ2) is 10.9. The zero-order chi connectivity index (χ0) is 23.2. The molecule has 1 atom stereocenters. The average Bonchev–Trinajstić information content (AvgIpc) is 3.54. The summed E-state index contributed by atoms with van der Waals surface area (Å²) in [6.07, 6.45) is 6.54. The Kier molecular flexibility index (Phi) is 7.70. The Hall–Kier alpha value is -2.80. The van der Waals surface area contributed by atoms with Crippen molar-refractivity contribution in [2.75, 3.05) is 33.4 Å². The van der Waals surface area contributed by atoms with Crippen LogP contribution in [0, 0.1) is 5.92 Å². The number of amides is 2. The first-order chi connectivity index (χ1) is 16.1. The number of ether oxygens (including phenoxy) is 2. The molecule has 0 bridgehead atoms. The molecule has 33 heavy (non-hydrogen) atoms. The molecule has 1 aromatic carbocycles. The van der Waals surface area contributed by atoms with Gasteiger partial charge in [0.05, 0.1) is 13.2 Å². The Balaban J connectivity index is 1.49. The van der Waals surface area contributed by atoms with Crippen molar-refractivity contribution in [3.63, 3.8) is 0 Å². The van der Waals surface area contributed by atoms with Gasteiger partial charge < -0.3 is 19.3 Å². The SMILES string of the molecule is C=CCN(CC(=O)N1CCc2sccc2[C@H]1COc1cccc(OC)c1)C(=O)C1CCCC1. The highest BCUT2D eigenvalue weighted by atomic mass is 32.1. The van der Waals surface area contributed by atoms with Gasteiger partial charge in [-0.05, 0) is 48.4 Å². The topological polar surface area (TPSA) is 59.1 Å². The number of benzene rings is 1. The predicted octanol–water partition coefficient (Wildman–Crippen LogP) is 4.47. The van der Waals surface area contributed by atoms with Crippen LogP contribution in [0.3, 0.4) is 0 Å². The number of carbonyl (C=O) groups is 2. The Morgan fingerprint density at radius 2 is 2.03 bits per heavy atom. The van der Waals surface area contributed by atoms with Gasteiger partial charge in [0.25, 0.3) is 0 Å². The summed E-state index contributed by atoms with van der Waals surface area (Å²) in [5, 5.41) is 2.07. The minimum atomic E-state index is -0.189. The van der Waals surface area contributed by atoms with Crippen LogP contribution in [0.15, 0.2) is 48.4 Å². The molecule has 0 saturated heterocycles. The molecule has 2 aliphatic rings. The largest absolute Gasteiger partial charge is 0.497 e. The van der Waals surface area contributed by atoms with Crippen molar-refractivity contribution in [3.8, 4) is 11.5 Å². The molecular weight excluding hydrogens is 436 g/mol. The van der Waals surface area contributed by atoms with E-state index in [1.54, 1.807) is 29.4 Å². The lowest BCUT2D eigenvalue weighted by atomic mass is 10.00. The first-order valence-electron chi connectivity index (χ1n) is 11.6. The standard InChI is InChI=1S/C26H32N2O4S/c1-3-13-27(26(30)19-7-4-5-8-19)17-25(29)28-14-11-24-22(12-15-33-24)23(28)18-32-21-10-6-9-20(16-21)31-2/h3,6,9-10,12,15-16,19,23H,1,4-5,7-8,11,13-14,17-18H2,2H3/t23-/m1/s1. The van der Waals surface area contributed by atoms with E-state index in [1.165, 1.54) is 4.88 Å². The number of hydrogen-bond donors (Lipinski definition) is 0. The smallest absolute Gasteiger partial charge is 0.242 e. The fraction of sp³-hybridized carbons (Fsp3) is 0.462. The second-order valence-corrected chi connectivity index (χ2v) is 9.63. The van der Waals surface area contributed by atoms with E-state index in [1.807, 2.05) is 29.2 Å². The normalized spacial score (nSPS) is 18.0. The first kappa shape index (κ1) is 23.4. The van der Waals surface area contributed by atoms with E-state index in [9.17, 15) is 9.59 Å². The van der Waals surface area contributed by atoms with E-state index < -0.39 is 0 Å². The minimum absolute atomic E-state index is 0.0368. The molecule has 1 aliphatic carbocycles. The number of carbonyl (C=O) groups excluding carboxylic acids is 2. The molecule has 0 N–H and O–H groups in total. The van der Waals surface area contributed by atoms with Gasteiger partial charge in [-0.3, -0.25) is 9.59 Å². The quantitative estimate of drug-likeness (QED) is 0.510. The van der Waals surface area contributed by atoms with E-state index in [2.05, 4.69) is 18.0 Å². The van der Waals surface area contributed by atoms with Crippen molar-refractivity contribution in [3.05, 3.63) is 58.8 Å². The van der Waals surface area contributed by atoms with E-state index in [4.69, 9.17) is 9.47 Å². The highest BCUT2D eigenvalue weighted by Crippen LogP contribution is 2.34. The van der Waals surface area contributed by atoms with Crippen molar-refractivity contribution >= 4 is 23.2 Å². The lowest BCUT2D eigenvalue weighted by Gasteiger charge is -2.37. The van der Waals surface area contributed by atoms with Crippen LogP contribution in [0.4, 0.5) is 0 Å². The van der Waals surface area contributed by atoms with Crippen LogP contribution in [0.2, 0.25) is 0 Å². The van der Waals surface area contributed by atoms with Crippen molar-refractivity contribution in [1.29, 1.82) is 0 Å². The molecule has 2 heterocycles. The molecule has 6 nitrogen and oxygen atoms in total. The summed E-state index contributed by atoms with van der Waals surface area (Å²) in [5.74, 6) is 1.51. The van der Waals surface area contributed by atoms with Gasteiger partial charge in [-0.2, -0.15) is 0 Å². The van der Waals surface area contributed by atoms with Crippen molar-refractivity contribution in [1.82, 2.24) is 9.80 Å². The molecule has 1 aliphatic heterocycles. The Morgan fingerprint density at radius 1 is 1.24 bits per heavy atom. The van der Waals surface area contributed by atoms with Crippen molar-refractivity contribution in [2.24, 2.45) is 5.92 Å². The minimum Gasteiger partial charge on any atom is -0.497 e. The van der Waals surface area contributed by atoms with Gasteiger partial charge >= 0.3 is 0 Å². The highest BCUT2D eigenvalue weighted by molar-refractivity contribution is 7.10. The lowest BCUT2D eigenvalue weighted by molar-refractivity contribution is -0.144. The van der Waals surface area contributed by atoms with Gasteiger partial charge in [-0.1, -0.05) is 25.0 Å². The number of hydrogen-bond acceptors (Lipinski definition) is 5. The molecule has 0 spiro atoms. The molecule has 0 unspecified atom stereocenters. The van der Waals surface area contributed by atoms with E-state index in [0.29, 0.717) is 25.4 Å². The monoisotopic (exact) mass is 468 g/mol. The Labute approximate surface area is 199 Å². The fourth-order valence-electron chi connectivity index (χ4n) is 4.81. The molecule has 1 fully saturated rings. The molecule has 1 saturated carbocycles. The van der Waals surface area contributed by atoms with Crippen LogP contribution in [-0.2, 0) is 16.0 Å². The summed E-state index contributed by atoms with van der Waals surface area (Å²) in [7, 11) is 1.63. The van der Waals surface area contributed by atoms with Gasteiger partial charge in [0.2, 0.25) is 11.8 Å². The third kappa shape index (κ3) is 5.41. The number of thiophene rings is 1. The molecule has 7 heteroatoms. The molecule has 0 radical (unpaired) electrons. The van der Waals surface area contributed by atoms with Crippen molar-refractivity contribution in [2.45, 2.75) is 38.1 Å². The summed E-state index contributed by atoms with van der Waals surface area (Å²) in [6.45, 7) is 5.24. The van der Waals surface area contributed by atoms with Gasteiger partial charge in [0.15, 0.2) is 0 Å². The van der Waals surface area contributed by atoms with Crippen LogP contribution >= 0.6 is 11.3 Å². The Bertz CT molecular complexity index is 982. The van der Waals surface area contributed by atoms with Crippen LogP contribution in [-0.4, -0.2) is 55.0 Å². The fourth-order valence-corrected chi connectivity index (χ4v) is 5.74. The highest BCUT2D eigenvalue weighted by Gasteiger charge is 2.34. The van der Waals surface area contributed by atoms with Crippen LogP contribution in [0.25, 0.3) is 0 Å². The second-order valence-electron chi connectivity index (χ2n) is 8.63. The molecule has 2 aromatic rings. The van der Waals surface area contributed by atoms with E-state index in [0.717, 1.165) is 43.4 Å². The zero-order valence-electron chi connectivity index (χ0n) is 19.2. The maximum Gasteiger partial charge on any atom is 0.242 e. The van der Waals surface area contributed by atoms with Gasteiger partial charge in [0.1, 0.15) is 24.7 Å². The number of fused-ring (bicyclic) bond motifs is 1. The maximum absolute atomic E-state index is 13.5. The van der Waals surface area contributed by atoms with Crippen LogP contribution < -0.4 is 9.47 Å². The third-order valence-corrected chi connectivity index (χ3v) is 7.55. The number of nitrogens with zero attached hydrogens (tertiary/aromatic N) is 2. The lowest BCUT2D eigenvalue weighted by Crippen LogP contribution is -2.48. The Morgan fingerprint density at radius 3 is 2.79 bits per heavy atom. The zero-order valence-corrected chi connectivity index (χ0v) is 20.0. The van der Waals surface area contributed by atoms with Gasteiger partial charge in [-0.25, -0.2) is 0 Å². The molecule has 176 valence electrons. The van der Waals surface area contributed by atoms with Crippen molar-refractivity contribution < 1.29 is 19.1 Å². The summed E-state index contributed by atoms with van der Waals surface area (Å²) in [5.41, 5.74) is 1.14. The molecular formula is C26H32N2O4S. The summed E-state index contributed by atoms with van der Waals surface area (Å²) in [4.78, 5) is 31.4. The van der Waals surface area contributed by atoms with Crippen LogP contribution in [0.1, 0.15) is 42.2 Å². The molecule has 4 rings (SSSR count). The molecule has 1 aromatic heterocycles.